The van der Waals surface area contributed by atoms with Gasteiger partial charge in [0.05, 0.1) is 0 Å². The first-order valence-electron chi connectivity index (χ1n) is 4.21. The van der Waals surface area contributed by atoms with Gasteiger partial charge in [0.1, 0.15) is 6.29 Å². The zero-order chi connectivity index (χ0) is 9.19. The van der Waals surface area contributed by atoms with Crippen molar-refractivity contribution < 1.29 is 9.59 Å². The molecule has 0 saturated heterocycles. The second-order valence-corrected chi connectivity index (χ2v) is 4.07. The quantitative estimate of drug-likeness (QED) is 0.587. The lowest BCUT2D eigenvalue weighted by atomic mass is 9.77. The average molecular weight is 166 g/mol. The predicted octanol–water partition coefficient (Wildman–Crippen LogP) is 1.89. The zero-order valence-corrected chi connectivity index (χ0v) is 7.59. The van der Waals surface area contributed by atoms with E-state index in [0.29, 0.717) is 12.0 Å². The largest absolute Gasteiger partial charge is 0.303 e. The predicted molar refractivity (Wildman–Crippen MR) is 46.8 cm³/mol. The molecule has 0 heterocycles. The Morgan fingerprint density at radius 2 is 2.25 bits per heavy atom. The van der Waals surface area contributed by atoms with Crippen molar-refractivity contribution in [1.29, 1.82) is 0 Å². The van der Waals surface area contributed by atoms with Crippen molar-refractivity contribution in [3.05, 3.63) is 11.6 Å². The molecule has 0 amide bonds. The third-order valence-electron chi connectivity index (χ3n) is 2.20. The summed E-state index contributed by atoms with van der Waals surface area (Å²) in [6.45, 7) is 4.14. The number of hydrogen-bond acceptors (Lipinski definition) is 2. The van der Waals surface area contributed by atoms with Gasteiger partial charge in [0.25, 0.3) is 0 Å². The minimum atomic E-state index is 0.0868. The number of aldehydes is 1. The second kappa shape index (κ2) is 3.21. The van der Waals surface area contributed by atoms with Crippen molar-refractivity contribution in [3.8, 4) is 0 Å². The van der Waals surface area contributed by atoms with Crippen molar-refractivity contribution in [2.75, 3.05) is 0 Å². The van der Waals surface area contributed by atoms with Gasteiger partial charge in [-0.05, 0) is 17.4 Å². The first-order chi connectivity index (χ1) is 5.55. The van der Waals surface area contributed by atoms with Crippen molar-refractivity contribution in [2.45, 2.75) is 33.1 Å². The van der Waals surface area contributed by atoms with Crippen molar-refractivity contribution in [2.24, 2.45) is 5.41 Å². The average Bonchev–Trinajstić information content (AvgIpc) is 1.94. The SMILES string of the molecule is CC1(C)CC=C(CC=O)C(=O)C1. The Morgan fingerprint density at radius 3 is 2.75 bits per heavy atom. The summed E-state index contributed by atoms with van der Waals surface area (Å²) in [6.07, 6.45) is 4.46. The summed E-state index contributed by atoms with van der Waals surface area (Å²) >= 11 is 0. The molecule has 0 unspecified atom stereocenters. The van der Waals surface area contributed by atoms with Crippen LogP contribution in [0.1, 0.15) is 33.1 Å². The highest BCUT2D eigenvalue weighted by Crippen LogP contribution is 2.32. The van der Waals surface area contributed by atoms with Crippen LogP contribution in [0.15, 0.2) is 11.6 Å². The highest BCUT2D eigenvalue weighted by Gasteiger charge is 2.27. The smallest absolute Gasteiger partial charge is 0.159 e. The number of allylic oxidation sites excluding steroid dienone is 2. The fraction of sp³-hybridized carbons (Fsp3) is 0.600. The van der Waals surface area contributed by atoms with Gasteiger partial charge in [-0.15, -0.1) is 0 Å². The number of hydrogen-bond donors (Lipinski definition) is 0. The Hall–Kier alpha value is -0.920. The van der Waals surface area contributed by atoms with E-state index in [-0.39, 0.29) is 17.6 Å². The van der Waals surface area contributed by atoms with E-state index in [4.69, 9.17) is 0 Å². The molecular weight excluding hydrogens is 152 g/mol. The number of rotatable bonds is 2. The molecule has 0 aromatic heterocycles. The summed E-state index contributed by atoms with van der Waals surface area (Å²) in [6, 6.07) is 0. The standard InChI is InChI=1S/C10H14O2/c1-10(2)5-3-8(4-6-11)9(12)7-10/h3,6H,4-5,7H2,1-2H3. The van der Waals surface area contributed by atoms with Gasteiger partial charge in [0.2, 0.25) is 0 Å². The maximum absolute atomic E-state index is 11.4. The van der Waals surface area contributed by atoms with Crippen LogP contribution in [0.5, 0.6) is 0 Å². The van der Waals surface area contributed by atoms with Crippen LogP contribution in [0.4, 0.5) is 0 Å². The molecule has 0 bridgehead atoms. The van der Waals surface area contributed by atoms with Crippen LogP contribution in [0.25, 0.3) is 0 Å². The second-order valence-electron chi connectivity index (χ2n) is 4.07. The summed E-state index contributed by atoms with van der Waals surface area (Å²) in [5.41, 5.74) is 0.785. The summed E-state index contributed by atoms with van der Waals surface area (Å²) in [7, 11) is 0. The molecule has 0 saturated carbocycles. The maximum atomic E-state index is 11.4. The van der Waals surface area contributed by atoms with E-state index >= 15 is 0 Å². The first-order valence-corrected chi connectivity index (χ1v) is 4.21. The minimum absolute atomic E-state index is 0.0868. The van der Waals surface area contributed by atoms with E-state index in [9.17, 15) is 9.59 Å². The van der Waals surface area contributed by atoms with Crippen LogP contribution >= 0.6 is 0 Å². The molecule has 0 atom stereocenters. The van der Waals surface area contributed by atoms with Gasteiger partial charge in [-0.2, -0.15) is 0 Å². The normalized spacial score (nSPS) is 21.8. The molecule has 66 valence electrons. The Morgan fingerprint density at radius 1 is 1.58 bits per heavy atom. The zero-order valence-electron chi connectivity index (χ0n) is 7.59. The molecule has 1 aliphatic carbocycles. The highest BCUT2D eigenvalue weighted by atomic mass is 16.1. The first kappa shape index (κ1) is 9.17. The Labute approximate surface area is 72.7 Å². The van der Waals surface area contributed by atoms with Gasteiger partial charge in [-0.1, -0.05) is 19.9 Å². The fourth-order valence-electron chi connectivity index (χ4n) is 1.42. The van der Waals surface area contributed by atoms with Crippen molar-refractivity contribution in [3.63, 3.8) is 0 Å². The number of carbonyl (C=O) groups excluding carboxylic acids is 2. The molecular formula is C10H14O2. The minimum Gasteiger partial charge on any atom is -0.303 e. The highest BCUT2D eigenvalue weighted by molar-refractivity contribution is 5.98. The molecule has 0 aromatic rings. The lowest BCUT2D eigenvalue weighted by Gasteiger charge is -2.26. The fourth-order valence-corrected chi connectivity index (χ4v) is 1.42. The molecule has 2 heteroatoms. The van der Waals surface area contributed by atoms with Crippen LogP contribution in [0.3, 0.4) is 0 Å². The van der Waals surface area contributed by atoms with Gasteiger partial charge in [0, 0.05) is 12.8 Å². The molecule has 0 aromatic carbocycles. The van der Waals surface area contributed by atoms with E-state index in [0.717, 1.165) is 12.7 Å². The van der Waals surface area contributed by atoms with Gasteiger partial charge in [-0.3, -0.25) is 4.79 Å². The Bertz CT molecular complexity index is 236. The topological polar surface area (TPSA) is 34.1 Å². The molecule has 0 N–H and O–H groups in total. The molecule has 2 nitrogen and oxygen atoms in total. The van der Waals surface area contributed by atoms with Gasteiger partial charge >= 0.3 is 0 Å². The van der Waals surface area contributed by atoms with Crippen LogP contribution in [-0.4, -0.2) is 12.1 Å². The van der Waals surface area contributed by atoms with E-state index in [1.807, 2.05) is 6.08 Å². The van der Waals surface area contributed by atoms with Gasteiger partial charge in [0.15, 0.2) is 5.78 Å². The summed E-state index contributed by atoms with van der Waals surface area (Å²) < 4.78 is 0. The van der Waals surface area contributed by atoms with Crippen LogP contribution < -0.4 is 0 Å². The third-order valence-corrected chi connectivity index (χ3v) is 2.20. The third kappa shape index (κ3) is 2.03. The van der Waals surface area contributed by atoms with E-state index in [2.05, 4.69) is 13.8 Å². The Kier molecular flexibility index (Phi) is 2.46. The molecule has 12 heavy (non-hydrogen) atoms. The van der Waals surface area contributed by atoms with Gasteiger partial charge in [-0.25, -0.2) is 0 Å². The molecule has 0 aliphatic heterocycles. The lowest BCUT2D eigenvalue weighted by Crippen LogP contribution is -2.22. The monoisotopic (exact) mass is 166 g/mol. The van der Waals surface area contributed by atoms with Gasteiger partial charge < -0.3 is 4.79 Å². The molecule has 1 rings (SSSR count). The Balaban J connectivity index is 2.74. The molecule has 0 spiro atoms. The van der Waals surface area contributed by atoms with E-state index < -0.39 is 0 Å². The summed E-state index contributed by atoms with van der Waals surface area (Å²) in [5, 5.41) is 0. The van der Waals surface area contributed by atoms with Crippen LogP contribution in [0.2, 0.25) is 0 Å². The summed E-state index contributed by atoms with van der Waals surface area (Å²) in [5.74, 6) is 0.137. The van der Waals surface area contributed by atoms with Crippen LogP contribution in [0, 0.1) is 5.41 Å². The van der Waals surface area contributed by atoms with E-state index in [1.54, 1.807) is 0 Å². The molecule has 0 fully saturated rings. The lowest BCUT2D eigenvalue weighted by molar-refractivity contribution is -0.119. The summed E-state index contributed by atoms with van der Waals surface area (Å²) in [4.78, 5) is 21.6. The number of Topliss-reactive ketones (excluding diaryl/α,β-unsaturated/α-hetero) is 1. The number of carbonyl (C=O) groups is 2. The van der Waals surface area contributed by atoms with Crippen LogP contribution in [-0.2, 0) is 9.59 Å². The van der Waals surface area contributed by atoms with Crippen molar-refractivity contribution in [1.82, 2.24) is 0 Å². The van der Waals surface area contributed by atoms with Crippen molar-refractivity contribution >= 4 is 12.1 Å². The number of ketones is 1. The maximum Gasteiger partial charge on any atom is 0.159 e. The molecule has 0 radical (unpaired) electrons. The molecule has 1 aliphatic rings. The van der Waals surface area contributed by atoms with E-state index in [1.165, 1.54) is 0 Å².